The lowest BCUT2D eigenvalue weighted by Gasteiger charge is -2.12. The molecule has 1 N–H and O–H groups in total. The number of aliphatic hydroxyl groups excluding tert-OH is 1. The average Bonchev–Trinajstić information content (AvgIpc) is 2.31. The van der Waals surface area contributed by atoms with E-state index in [9.17, 15) is 9.50 Å². The molecule has 1 unspecified atom stereocenters. The van der Waals surface area contributed by atoms with Gasteiger partial charge in [0.2, 0.25) is 0 Å². The van der Waals surface area contributed by atoms with Crippen LogP contribution in [0.1, 0.15) is 18.6 Å². The fraction of sp³-hybridized carbons (Fsp3) is 0.143. The predicted octanol–water partition coefficient (Wildman–Crippen LogP) is 4.79. The molecule has 0 radical (unpaired) electrons. The van der Waals surface area contributed by atoms with Gasteiger partial charge in [-0.25, -0.2) is 4.39 Å². The molecular formula is C14H12BrFOS. The van der Waals surface area contributed by atoms with Crippen molar-refractivity contribution in [1.82, 2.24) is 0 Å². The number of hydrogen-bond acceptors (Lipinski definition) is 2. The lowest BCUT2D eigenvalue weighted by Crippen LogP contribution is -1.96. The Balaban J connectivity index is 2.39. The fourth-order valence-corrected chi connectivity index (χ4v) is 3.25. The molecule has 2 aromatic rings. The first kappa shape index (κ1) is 13.6. The van der Waals surface area contributed by atoms with E-state index in [0.717, 1.165) is 9.37 Å². The number of rotatable bonds is 3. The maximum absolute atomic E-state index is 13.9. The van der Waals surface area contributed by atoms with Crippen molar-refractivity contribution in [3.63, 3.8) is 0 Å². The molecule has 1 atom stereocenters. The van der Waals surface area contributed by atoms with Crippen LogP contribution in [-0.4, -0.2) is 5.11 Å². The number of halogens is 2. The Hall–Kier alpha value is -0.840. The van der Waals surface area contributed by atoms with Gasteiger partial charge in [-0.2, -0.15) is 0 Å². The van der Waals surface area contributed by atoms with Gasteiger partial charge in [-0.1, -0.05) is 45.9 Å². The minimum absolute atomic E-state index is 0.307. The highest BCUT2D eigenvalue weighted by Gasteiger charge is 2.13. The summed E-state index contributed by atoms with van der Waals surface area (Å²) in [4.78, 5) is 1.40. The smallest absolute Gasteiger partial charge is 0.137 e. The molecule has 0 bridgehead atoms. The summed E-state index contributed by atoms with van der Waals surface area (Å²) in [6, 6.07) is 12.4. The predicted molar refractivity (Wildman–Crippen MR) is 75.3 cm³/mol. The fourth-order valence-electron chi connectivity index (χ4n) is 1.61. The minimum Gasteiger partial charge on any atom is -0.389 e. The first-order chi connectivity index (χ1) is 8.58. The molecule has 94 valence electrons. The Morgan fingerprint density at radius 1 is 1.22 bits per heavy atom. The maximum Gasteiger partial charge on any atom is 0.137 e. The summed E-state index contributed by atoms with van der Waals surface area (Å²) in [5.41, 5.74) is 0.611. The largest absolute Gasteiger partial charge is 0.389 e. The van der Waals surface area contributed by atoms with E-state index in [1.165, 1.54) is 17.8 Å². The quantitative estimate of drug-likeness (QED) is 0.874. The number of aliphatic hydroxyl groups is 1. The summed E-state index contributed by atoms with van der Waals surface area (Å²) < 4.78 is 14.8. The molecule has 0 fully saturated rings. The van der Waals surface area contributed by atoms with Gasteiger partial charge < -0.3 is 5.11 Å². The highest BCUT2D eigenvalue weighted by Crippen LogP contribution is 2.36. The Labute approximate surface area is 118 Å². The Bertz CT molecular complexity index is 557. The Morgan fingerprint density at radius 2 is 1.94 bits per heavy atom. The molecule has 2 rings (SSSR count). The van der Waals surface area contributed by atoms with Gasteiger partial charge in [0.15, 0.2) is 0 Å². The summed E-state index contributed by atoms with van der Waals surface area (Å²) in [7, 11) is 0. The number of benzene rings is 2. The van der Waals surface area contributed by atoms with Crippen LogP contribution >= 0.6 is 27.7 Å². The van der Waals surface area contributed by atoms with Gasteiger partial charge in [0.25, 0.3) is 0 Å². The summed E-state index contributed by atoms with van der Waals surface area (Å²) in [5.74, 6) is -0.307. The van der Waals surface area contributed by atoms with Crippen LogP contribution in [0.2, 0.25) is 0 Å². The molecule has 0 aromatic heterocycles. The van der Waals surface area contributed by atoms with Crippen LogP contribution < -0.4 is 0 Å². The SMILES string of the molecule is CC(O)c1cccc(F)c1Sc1cccc(Br)c1. The molecule has 4 heteroatoms. The molecule has 0 heterocycles. The summed E-state index contributed by atoms with van der Waals surface area (Å²) >= 11 is 4.70. The van der Waals surface area contributed by atoms with Crippen LogP contribution in [0, 0.1) is 5.82 Å². The minimum atomic E-state index is -0.685. The van der Waals surface area contributed by atoms with Crippen molar-refractivity contribution in [1.29, 1.82) is 0 Å². The molecule has 2 aromatic carbocycles. The first-order valence-electron chi connectivity index (χ1n) is 5.48. The second kappa shape index (κ2) is 5.87. The summed E-state index contributed by atoms with van der Waals surface area (Å²) in [5, 5.41) is 9.67. The molecule has 0 aliphatic heterocycles. The van der Waals surface area contributed by atoms with Gasteiger partial charge in [-0.15, -0.1) is 0 Å². The molecule has 0 saturated carbocycles. The van der Waals surface area contributed by atoms with E-state index in [2.05, 4.69) is 15.9 Å². The van der Waals surface area contributed by atoms with Crippen molar-refractivity contribution in [2.75, 3.05) is 0 Å². The van der Waals surface area contributed by atoms with Crippen LogP contribution in [0.5, 0.6) is 0 Å². The third-order valence-electron chi connectivity index (χ3n) is 2.46. The van der Waals surface area contributed by atoms with Crippen LogP contribution in [-0.2, 0) is 0 Å². The normalized spacial score (nSPS) is 12.4. The van der Waals surface area contributed by atoms with Crippen LogP contribution in [0.3, 0.4) is 0 Å². The zero-order valence-corrected chi connectivity index (χ0v) is 12.1. The summed E-state index contributed by atoms with van der Waals surface area (Å²) in [6.07, 6.45) is -0.685. The van der Waals surface area contributed by atoms with Gasteiger partial charge in [0, 0.05) is 9.37 Å². The highest BCUT2D eigenvalue weighted by atomic mass is 79.9. The van der Waals surface area contributed by atoms with E-state index in [1.54, 1.807) is 19.1 Å². The summed E-state index contributed by atoms with van der Waals surface area (Å²) in [6.45, 7) is 1.64. The zero-order valence-electron chi connectivity index (χ0n) is 9.73. The standard InChI is InChI=1S/C14H12BrFOS/c1-9(17)12-6-3-7-13(16)14(12)18-11-5-2-4-10(15)8-11/h2-9,17H,1H3. The van der Waals surface area contributed by atoms with Gasteiger partial charge in [0.05, 0.1) is 11.0 Å². The molecule has 0 aliphatic rings. The second-order valence-corrected chi connectivity index (χ2v) is 5.89. The van der Waals surface area contributed by atoms with Crippen molar-refractivity contribution < 1.29 is 9.50 Å². The van der Waals surface area contributed by atoms with E-state index in [1.807, 2.05) is 24.3 Å². The van der Waals surface area contributed by atoms with Crippen LogP contribution in [0.25, 0.3) is 0 Å². The molecule has 0 spiro atoms. The van der Waals surface area contributed by atoms with E-state index in [0.29, 0.717) is 10.5 Å². The monoisotopic (exact) mass is 326 g/mol. The second-order valence-electron chi connectivity index (χ2n) is 3.89. The number of hydrogen-bond donors (Lipinski definition) is 1. The third kappa shape index (κ3) is 3.13. The van der Waals surface area contributed by atoms with Gasteiger partial charge in [0.1, 0.15) is 5.82 Å². The zero-order chi connectivity index (χ0) is 13.1. The maximum atomic E-state index is 13.9. The van der Waals surface area contributed by atoms with E-state index in [4.69, 9.17) is 0 Å². The van der Waals surface area contributed by atoms with Crippen molar-refractivity contribution in [3.05, 3.63) is 58.3 Å². The molecule has 0 aliphatic carbocycles. The highest BCUT2D eigenvalue weighted by molar-refractivity contribution is 9.10. The van der Waals surface area contributed by atoms with Crippen LogP contribution in [0.15, 0.2) is 56.7 Å². The van der Waals surface area contributed by atoms with Gasteiger partial charge in [-0.3, -0.25) is 0 Å². The first-order valence-corrected chi connectivity index (χ1v) is 7.09. The van der Waals surface area contributed by atoms with E-state index >= 15 is 0 Å². The molecule has 0 saturated heterocycles. The average molecular weight is 327 g/mol. The van der Waals surface area contributed by atoms with Crippen molar-refractivity contribution in [3.8, 4) is 0 Å². The molecule has 1 nitrogen and oxygen atoms in total. The molecular weight excluding hydrogens is 315 g/mol. The third-order valence-corrected chi connectivity index (χ3v) is 4.08. The lowest BCUT2D eigenvalue weighted by molar-refractivity contribution is 0.195. The molecule has 0 amide bonds. The van der Waals surface area contributed by atoms with Gasteiger partial charge in [-0.05, 0) is 36.8 Å². The van der Waals surface area contributed by atoms with E-state index in [-0.39, 0.29) is 5.82 Å². The Kier molecular flexibility index (Phi) is 4.43. The topological polar surface area (TPSA) is 20.2 Å². The van der Waals surface area contributed by atoms with Crippen molar-refractivity contribution >= 4 is 27.7 Å². The lowest BCUT2D eigenvalue weighted by atomic mass is 10.1. The van der Waals surface area contributed by atoms with Crippen LogP contribution in [0.4, 0.5) is 4.39 Å². The van der Waals surface area contributed by atoms with Crippen molar-refractivity contribution in [2.24, 2.45) is 0 Å². The van der Waals surface area contributed by atoms with Crippen molar-refractivity contribution in [2.45, 2.75) is 22.8 Å². The van der Waals surface area contributed by atoms with E-state index < -0.39 is 6.10 Å². The molecule has 18 heavy (non-hydrogen) atoms. The van der Waals surface area contributed by atoms with Gasteiger partial charge >= 0.3 is 0 Å². The Morgan fingerprint density at radius 3 is 2.61 bits per heavy atom.